The number of benzene rings is 2. The first kappa shape index (κ1) is 18.0. The normalized spacial score (nSPS) is 10.3. The quantitative estimate of drug-likeness (QED) is 0.599. The van der Waals surface area contributed by atoms with Crippen LogP contribution in [0.1, 0.15) is 20.8 Å². The number of ether oxygens (including phenoxy) is 2. The first-order valence-electron chi connectivity index (χ1n) is 8.45. The van der Waals surface area contributed by atoms with Crippen molar-refractivity contribution in [3.8, 4) is 11.5 Å². The Labute approximate surface area is 157 Å². The van der Waals surface area contributed by atoms with Gasteiger partial charge in [-0.3, -0.25) is 4.79 Å². The molecule has 26 heavy (non-hydrogen) atoms. The molecule has 1 amide bonds. The molecule has 1 heterocycles. The van der Waals surface area contributed by atoms with Crippen molar-refractivity contribution in [2.24, 2.45) is 0 Å². The van der Waals surface area contributed by atoms with Gasteiger partial charge in [0.1, 0.15) is 24.7 Å². The molecule has 0 saturated heterocycles. The molecule has 0 unspecified atom stereocenters. The molecule has 0 bridgehead atoms. The Morgan fingerprint density at radius 1 is 0.962 bits per heavy atom. The summed E-state index contributed by atoms with van der Waals surface area (Å²) < 4.78 is 11.4. The molecule has 134 valence electrons. The predicted octanol–water partition coefficient (Wildman–Crippen LogP) is 4.44. The molecule has 1 N–H and O–H groups in total. The zero-order chi connectivity index (χ0) is 18.2. The third-order valence-electron chi connectivity index (χ3n) is 3.86. The van der Waals surface area contributed by atoms with Crippen LogP contribution >= 0.6 is 11.3 Å². The molecule has 1 aromatic heterocycles. The molecule has 3 rings (SSSR count). The molecule has 0 saturated carbocycles. The fraction of sp³-hybridized carbons (Fsp3) is 0.190. The molecule has 4 nitrogen and oxygen atoms in total. The van der Waals surface area contributed by atoms with Gasteiger partial charge in [-0.1, -0.05) is 30.3 Å². The molecule has 0 spiro atoms. The lowest BCUT2D eigenvalue weighted by Gasteiger charge is -2.12. The van der Waals surface area contributed by atoms with Gasteiger partial charge in [0.25, 0.3) is 5.91 Å². The van der Waals surface area contributed by atoms with Gasteiger partial charge in [0.15, 0.2) is 0 Å². The summed E-state index contributed by atoms with van der Waals surface area (Å²) in [5, 5.41) is 4.99. The Kier molecular flexibility index (Phi) is 6.28. The maximum Gasteiger partial charge on any atom is 0.255 e. The van der Waals surface area contributed by atoms with Crippen LogP contribution in [0.4, 0.5) is 0 Å². The van der Waals surface area contributed by atoms with Crippen molar-refractivity contribution < 1.29 is 14.3 Å². The van der Waals surface area contributed by atoms with Gasteiger partial charge in [-0.25, -0.2) is 0 Å². The van der Waals surface area contributed by atoms with Crippen molar-refractivity contribution in [1.29, 1.82) is 0 Å². The van der Waals surface area contributed by atoms with E-state index < -0.39 is 0 Å². The lowest BCUT2D eigenvalue weighted by Crippen LogP contribution is -2.23. The highest BCUT2D eigenvalue weighted by molar-refractivity contribution is 7.10. The van der Waals surface area contributed by atoms with E-state index in [1.165, 1.54) is 5.56 Å². The number of carbonyl (C=O) groups excluding carboxylic acids is 1. The molecular formula is C21H21NO3S. The number of aryl methyl sites for hydroxylation is 1. The molecule has 5 heteroatoms. The number of rotatable bonds is 8. The number of thiophene rings is 1. The topological polar surface area (TPSA) is 47.6 Å². The largest absolute Gasteiger partial charge is 0.490 e. The average Bonchev–Trinajstić information content (AvgIpc) is 3.09. The van der Waals surface area contributed by atoms with Crippen molar-refractivity contribution in [1.82, 2.24) is 5.32 Å². The number of amides is 1. The number of hydrogen-bond acceptors (Lipinski definition) is 4. The lowest BCUT2D eigenvalue weighted by atomic mass is 10.2. The molecule has 0 aliphatic carbocycles. The summed E-state index contributed by atoms with van der Waals surface area (Å²) in [6.07, 6.45) is 0. The Balaban J connectivity index is 1.53. The standard InChI is InChI=1S/C21H21NO3S/c1-16-11-14-26-20(16)15-22-21(23)18-9-5-6-10-19(18)25-13-12-24-17-7-3-2-4-8-17/h2-11,14H,12-13,15H2,1H3,(H,22,23). The van der Waals surface area contributed by atoms with E-state index >= 15 is 0 Å². The van der Waals surface area contributed by atoms with Crippen LogP contribution in [0, 0.1) is 6.92 Å². The van der Waals surface area contributed by atoms with E-state index in [1.807, 2.05) is 54.8 Å². The number of hydrogen-bond donors (Lipinski definition) is 1. The summed E-state index contributed by atoms with van der Waals surface area (Å²) in [4.78, 5) is 13.7. The maximum absolute atomic E-state index is 12.5. The molecule has 0 aliphatic rings. The van der Waals surface area contributed by atoms with Gasteiger partial charge in [0.05, 0.1) is 12.1 Å². The monoisotopic (exact) mass is 367 g/mol. The predicted molar refractivity (Wildman–Crippen MR) is 104 cm³/mol. The highest BCUT2D eigenvalue weighted by Gasteiger charge is 2.12. The van der Waals surface area contributed by atoms with Crippen molar-refractivity contribution >= 4 is 17.2 Å². The van der Waals surface area contributed by atoms with Gasteiger partial charge in [-0.2, -0.15) is 0 Å². The van der Waals surface area contributed by atoms with Crippen LogP contribution < -0.4 is 14.8 Å². The van der Waals surface area contributed by atoms with Gasteiger partial charge < -0.3 is 14.8 Å². The van der Waals surface area contributed by atoms with Gasteiger partial charge in [0.2, 0.25) is 0 Å². The van der Waals surface area contributed by atoms with Crippen LogP contribution in [0.25, 0.3) is 0 Å². The van der Waals surface area contributed by atoms with Crippen LogP contribution in [0.2, 0.25) is 0 Å². The van der Waals surface area contributed by atoms with E-state index in [4.69, 9.17) is 9.47 Å². The fourth-order valence-electron chi connectivity index (χ4n) is 2.45. The Morgan fingerprint density at radius 3 is 2.46 bits per heavy atom. The van der Waals surface area contributed by atoms with E-state index in [0.29, 0.717) is 31.1 Å². The van der Waals surface area contributed by atoms with Gasteiger partial charge in [0, 0.05) is 4.88 Å². The zero-order valence-corrected chi connectivity index (χ0v) is 15.4. The minimum Gasteiger partial charge on any atom is -0.490 e. The summed E-state index contributed by atoms with van der Waals surface area (Å²) in [7, 11) is 0. The second kappa shape index (κ2) is 9.06. The lowest BCUT2D eigenvalue weighted by molar-refractivity contribution is 0.0946. The molecule has 0 aliphatic heterocycles. The summed E-state index contributed by atoms with van der Waals surface area (Å²) in [6, 6.07) is 18.9. The van der Waals surface area contributed by atoms with E-state index in [9.17, 15) is 4.79 Å². The zero-order valence-electron chi connectivity index (χ0n) is 14.6. The van der Waals surface area contributed by atoms with Crippen LogP contribution in [0.5, 0.6) is 11.5 Å². The van der Waals surface area contributed by atoms with Gasteiger partial charge in [-0.05, 0) is 48.2 Å². The molecular weight excluding hydrogens is 346 g/mol. The van der Waals surface area contributed by atoms with Crippen molar-refractivity contribution in [3.05, 3.63) is 82.0 Å². The van der Waals surface area contributed by atoms with Gasteiger partial charge in [-0.15, -0.1) is 11.3 Å². The van der Waals surface area contributed by atoms with Crippen molar-refractivity contribution in [2.45, 2.75) is 13.5 Å². The highest BCUT2D eigenvalue weighted by Crippen LogP contribution is 2.19. The first-order valence-corrected chi connectivity index (χ1v) is 9.33. The third kappa shape index (κ3) is 4.86. The van der Waals surface area contributed by atoms with Crippen molar-refractivity contribution in [2.75, 3.05) is 13.2 Å². The summed E-state index contributed by atoms with van der Waals surface area (Å²) in [5.74, 6) is 1.22. The minimum absolute atomic E-state index is 0.141. The van der Waals surface area contributed by atoms with E-state index in [1.54, 1.807) is 23.5 Å². The summed E-state index contributed by atoms with van der Waals surface area (Å²) >= 11 is 1.64. The van der Waals surface area contributed by atoms with Crippen LogP contribution in [0.15, 0.2) is 66.0 Å². The van der Waals surface area contributed by atoms with Crippen LogP contribution in [-0.2, 0) is 6.54 Å². The smallest absolute Gasteiger partial charge is 0.255 e. The summed E-state index contributed by atoms with van der Waals surface area (Å²) in [5.41, 5.74) is 1.72. The summed E-state index contributed by atoms with van der Waals surface area (Å²) in [6.45, 7) is 3.34. The SMILES string of the molecule is Cc1ccsc1CNC(=O)c1ccccc1OCCOc1ccccc1. The first-order chi connectivity index (χ1) is 12.7. The second-order valence-corrected chi connectivity index (χ2v) is 6.72. The van der Waals surface area contributed by atoms with E-state index in [0.717, 1.165) is 10.6 Å². The van der Waals surface area contributed by atoms with E-state index in [-0.39, 0.29) is 5.91 Å². The number of carbonyl (C=O) groups is 1. The van der Waals surface area contributed by atoms with Crippen LogP contribution in [0.3, 0.4) is 0 Å². The minimum atomic E-state index is -0.141. The third-order valence-corrected chi connectivity index (χ3v) is 4.89. The van der Waals surface area contributed by atoms with E-state index in [2.05, 4.69) is 11.4 Å². The number of para-hydroxylation sites is 2. The molecule has 2 aromatic carbocycles. The Morgan fingerprint density at radius 2 is 1.69 bits per heavy atom. The molecule has 0 fully saturated rings. The molecule has 3 aromatic rings. The Hall–Kier alpha value is -2.79. The van der Waals surface area contributed by atoms with Gasteiger partial charge >= 0.3 is 0 Å². The molecule has 0 radical (unpaired) electrons. The highest BCUT2D eigenvalue weighted by atomic mass is 32.1. The second-order valence-electron chi connectivity index (χ2n) is 5.72. The fourth-order valence-corrected chi connectivity index (χ4v) is 3.29. The van der Waals surface area contributed by atoms with Crippen molar-refractivity contribution in [3.63, 3.8) is 0 Å². The molecule has 0 atom stereocenters. The van der Waals surface area contributed by atoms with Crippen LogP contribution in [-0.4, -0.2) is 19.1 Å². The maximum atomic E-state index is 12.5. The average molecular weight is 367 g/mol. The Bertz CT molecular complexity index is 845. The number of nitrogens with one attached hydrogen (secondary N) is 1.